The minimum atomic E-state index is -0.0693. The van der Waals surface area contributed by atoms with Crippen LogP contribution in [-0.4, -0.2) is 41.3 Å². The molecule has 0 bridgehead atoms. The van der Waals surface area contributed by atoms with E-state index in [2.05, 4.69) is 58.8 Å². The van der Waals surface area contributed by atoms with Crippen LogP contribution in [0.3, 0.4) is 0 Å². The van der Waals surface area contributed by atoms with Crippen molar-refractivity contribution >= 4 is 22.7 Å². The van der Waals surface area contributed by atoms with E-state index >= 15 is 0 Å². The zero-order chi connectivity index (χ0) is 26.9. The monoisotopic (exact) mass is 515 g/mol. The lowest BCUT2D eigenvalue weighted by atomic mass is 9.88. The molecule has 1 heterocycles. The molecule has 4 aromatic carbocycles. The molecule has 2 N–H and O–H groups in total. The molecule has 0 atom stereocenters. The molecule has 0 aliphatic rings. The first-order chi connectivity index (χ1) is 19.2. The lowest BCUT2D eigenvalue weighted by Gasteiger charge is -2.26. The molecule has 5 aromatic rings. The predicted molar refractivity (Wildman–Crippen MR) is 157 cm³/mol. The number of hydrogen-bond acceptors (Lipinski definition) is 2. The van der Waals surface area contributed by atoms with Crippen LogP contribution in [0.2, 0.25) is 0 Å². The van der Waals surface area contributed by atoms with Gasteiger partial charge in [0.05, 0.1) is 6.42 Å². The van der Waals surface area contributed by atoms with Gasteiger partial charge in [0.1, 0.15) is 0 Å². The van der Waals surface area contributed by atoms with Gasteiger partial charge in [0, 0.05) is 42.3 Å². The Morgan fingerprint density at radius 3 is 1.95 bits per heavy atom. The fourth-order valence-electron chi connectivity index (χ4n) is 5.05. The Kier molecular flexibility index (Phi) is 8.49. The van der Waals surface area contributed by atoms with Crippen LogP contribution in [-0.2, 0) is 11.2 Å². The van der Waals surface area contributed by atoms with Gasteiger partial charge in [0.2, 0.25) is 5.91 Å². The average Bonchev–Trinajstić information content (AvgIpc) is 3.40. The Balaban J connectivity index is 1.26. The summed E-state index contributed by atoms with van der Waals surface area (Å²) in [5, 5.41) is 4.10. The van der Waals surface area contributed by atoms with E-state index in [1.807, 2.05) is 77.7 Å². The molecule has 0 spiro atoms. The summed E-state index contributed by atoms with van der Waals surface area (Å²) in [6.45, 7) is 1.39. The van der Waals surface area contributed by atoms with Gasteiger partial charge in [-0.3, -0.25) is 9.59 Å². The van der Waals surface area contributed by atoms with E-state index in [1.54, 1.807) is 0 Å². The molecular weight excluding hydrogens is 482 g/mol. The maximum absolute atomic E-state index is 13.5. The van der Waals surface area contributed by atoms with Gasteiger partial charge in [-0.15, -0.1) is 0 Å². The van der Waals surface area contributed by atoms with Crippen molar-refractivity contribution in [3.05, 3.63) is 144 Å². The van der Waals surface area contributed by atoms with Gasteiger partial charge >= 0.3 is 0 Å². The fourth-order valence-corrected chi connectivity index (χ4v) is 5.05. The summed E-state index contributed by atoms with van der Waals surface area (Å²) in [5.41, 5.74) is 4.99. The number of hydrogen-bond donors (Lipinski definition) is 2. The van der Waals surface area contributed by atoms with E-state index < -0.39 is 0 Å². The van der Waals surface area contributed by atoms with Crippen molar-refractivity contribution in [1.82, 2.24) is 15.2 Å². The molecule has 0 aliphatic carbocycles. The molecular formula is C34H33N3O2. The maximum Gasteiger partial charge on any atom is 0.253 e. The SMILES string of the molecule is O=C(Cc1cc2ccccc2[nH]1)NCCN(CCC(c1ccccc1)c1ccccc1)C(=O)c1ccccc1. The first-order valence-electron chi connectivity index (χ1n) is 13.4. The molecule has 5 nitrogen and oxygen atoms in total. The van der Waals surface area contributed by atoms with Gasteiger partial charge < -0.3 is 15.2 Å². The van der Waals surface area contributed by atoms with Crippen LogP contribution in [0.15, 0.2) is 121 Å². The van der Waals surface area contributed by atoms with E-state index in [4.69, 9.17) is 0 Å². The van der Waals surface area contributed by atoms with Crippen molar-refractivity contribution in [1.29, 1.82) is 0 Å². The maximum atomic E-state index is 13.5. The summed E-state index contributed by atoms with van der Waals surface area (Å²) in [6, 6.07) is 40.2. The Hall–Kier alpha value is -4.64. The molecule has 196 valence electrons. The number of carbonyl (C=O) groups is 2. The summed E-state index contributed by atoms with van der Waals surface area (Å²) in [4.78, 5) is 31.4. The summed E-state index contributed by atoms with van der Waals surface area (Å²) in [5.74, 6) is 0.0653. The second-order valence-corrected chi connectivity index (χ2v) is 9.73. The highest BCUT2D eigenvalue weighted by Crippen LogP contribution is 2.28. The fraction of sp³-hybridized carbons (Fsp3) is 0.176. The number of amides is 2. The predicted octanol–water partition coefficient (Wildman–Crippen LogP) is 6.19. The van der Waals surface area contributed by atoms with Gasteiger partial charge in [0.15, 0.2) is 0 Å². The topological polar surface area (TPSA) is 65.2 Å². The molecule has 0 saturated carbocycles. The van der Waals surface area contributed by atoms with Gasteiger partial charge in [-0.1, -0.05) is 97.1 Å². The van der Waals surface area contributed by atoms with Gasteiger partial charge in [0.25, 0.3) is 5.91 Å². The minimum absolute atomic E-state index is 0.0275. The van der Waals surface area contributed by atoms with Crippen molar-refractivity contribution in [2.45, 2.75) is 18.8 Å². The highest BCUT2D eigenvalue weighted by Gasteiger charge is 2.20. The van der Waals surface area contributed by atoms with Crippen molar-refractivity contribution in [3.63, 3.8) is 0 Å². The third-order valence-corrected chi connectivity index (χ3v) is 7.04. The molecule has 0 radical (unpaired) electrons. The van der Waals surface area contributed by atoms with Crippen LogP contribution in [0.4, 0.5) is 0 Å². The Bertz CT molecular complexity index is 1420. The van der Waals surface area contributed by atoms with Crippen LogP contribution in [0, 0.1) is 0 Å². The lowest BCUT2D eigenvalue weighted by Crippen LogP contribution is -2.40. The van der Waals surface area contributed by atoms with Crippen molar-refractivity contribution in [3.8, 4) is 0 Å². The largest absolute Gasteiger partial charge is 0.358 e. The molecule has 0 fully saturated rings. The number of aromatic nitrogens is 1. The number of nitrogens with one attached hydrogen (secondary N) is 2. The molecule has 0 saturated heterocycles. The summed E-state index contributed by atoms with van der Waals surface area (Å²) >= 11 is 0. The third-order valence-electron chi connectivity index (χ3n) is 7.04. The van der Waals surface area contributed by atoms with Crippen molar-refractivity contribution in [2.75, 3.05) is 19.6 Å². The number of aromatic amines is 1. The quantitative estimate of drug-likeness (QED) is 0.220. The van der Waals surface area contributed by atoms with Gasteiger partial charge in [-0.2, -0.15) is 0 Å². The molecule has 1 aromatic heterocycles. The van der Waals surface area contributed by atoms with Crippen molar-refractivity contribution in [2.24, 2.45) is 0 Å². The first kappa shape index (κ1) is 26.0. The zero-order valence-electron chi connectivity index (χ0n) is 21.9. The van der Waals surface area contributed by atoms with Crippen LogP contribution in [0.25, 0.3) is 10.9 Å². The molecule has 0 aliphatic heterocycles. The number of nitrogens with zero attached hydrogens (tertiary/aromatic N) is 1. The standard InChI is InChI=1S/C34H33N3O2/c38-33(25-30-24-29-18-10-11-19-32(29)36-30)35-21-23-37(34(39)28-16-8-3-9-17-28)22-20-31(26-12-4-1-5-13-26)27-14-6-2-7-15-27/h1-19,24,31,36H,20-23,25H2,(H,35,38). The van der Waals surface area contributed by atoms with E-state index in [1.165, 1.54) is 11.1 Å². The van der Waals surface area contributed by atoms with Crippen LogP contribution in [0.1, 0.15) is 39.5 Å². The normalized spacial score (nSPS) is 11.0. The highest BCUT2D eigenvalue weighted by atomic mass is 16.2. The molecule has 2 amide bonds. The van der Waals surface area contributed by atoms with Crippen molar-refractivity contribution < 1.29 is 9.59 Å². The smallest absolute Gasteiger partial charge is 0.253 e. The highest BCUT2D eigenvalue weighted by molar-refractivity contribution is 5.94. The number of carbonyl (C=O) groups excluding carboxylic acids is 2. The molecule has 5 rings (SSSR count). The van der Waals surface area contributed by atoms with Crippen LogP contribution >= 0.6 is 0 Å². The lowest BCUT2D eigenvalue weighted by molar-refractivity contribution is -0.120. The minimum Gasteiger partial charge on any atom is -0.358 e. The van der Waals surface area contributed by atoms with E-state index in [-0.39, 0.29) is 24.2 Å². The van der Waals surface area contributed by atoms with E-state index in [9.17, 15) is 9.59 Å². The number of benzene rings is 4. The van der Waals surface area contributed by atoms with Gasteiger partial charge in [-0.05, 0) is 47.2 Å². The summed E-state index contributed by atoms with van der Waals surface area (Å²) in [6.07, 6.45) is 1.04. The Morgan fingerprint density at radius 1 is 0.718 bits per heavy atom. The van der Waals surface area contributed by atoms with E-state index in [0.717, 1.165) is 23.0 Å². The van der Waals surface area contributed by atoms with Gasteiger partial charge in [-0.25, -0.2) is 0 Å². The Labute approximate surface area is 229 Å². The first-order valence-corrected chi connectivity index (χ1v) is 13.4. The third kappa shape index (κ3) is 6.82. The Morgan fingerprint density at radius 2 is 1.31 bits per heavy atom. The average molecular weight is 516 g/mol. The number of rotatable bonds is 11. The second kappa shape index (κ2) is 12.7. The molecule has 5 heteroatoms. The zero-order valence-corrected chi connectivity index (χ0v) is 21.9. The molecule has 0 unspecified atom stereocenters. The summed E-state index contributed by atoms with van der Waals surface area (Å²) < 4.78 is 0. The summed E-state index contributed by atoms with van der Waals surface area (Å²) in [7, 11) is 0. The van der Waals surface area contributed by atoms with Crippen LogP contribution in [0.5, 0.6) is 0 Å². The number of H-pyrrole nitrogens is 1. The molecule has 39 heavy (non-hydrogen) atoms. The number of para-hydroxylation sites is 1. The van der Waals surface area contributed by atoms with Crippen LogP contribution < -0.4 is 5.32 Å². The second-order valence-electron chi connectivity index (χ2n) is 9.73. The number of fused-ring (bicyclic) bond motifs is 1. The van der Waals surface area contributed by atoms with E-state index in [0.29, 0.717) is 25.2 Å².